The van der Waals surface area contributed by atoms with Crippen LogP contribution in [0.3, 0.4) is 0 Å². The minimum Gasteiger partial charge on any atom is -0.335 e. The zero-order valence-electron chi connectivity index (χ0n) is 16.6. The topological polar surface area (TPSA) is 36.4 Å². The SMILES string of the molecule is Cc1cncc(C(=O)N2CC3CC(C2)N3C(c2ccccc2)c2ccccc2)c1. The first-order chi connectivity index (χ1) is 14.2. The maximum Gasteiger partial charge on any atom is 0.255 e. The number of carbonyl (C=O) groups is 1. The van der Waals surface area contributed by atoms with E-state index in [4.69, 9.17) is 0 Å². The van der Waals surface area contributed by atoms with Gasteiger partial charge in [0.25, 0.3) is 5.91 Å². The molecule has 0 radical (unpaired) electrons. The van der Waals surface area contributed by atoms with E-state index in [1.807, 2.05) is 17.9 Å². The van der Waals surface area contributed by atoms with Crippen LogP contribution in [-0.4, -0.2) is 45.9 Å². The molecule has 2 aromatic carbocycles. The lowest BCUT2D eigenvalue weighted by molar-refractivity contribution is -0.0779. The highest BCUT2D eigenvalue weighted by atomic mass is 16.2. The van der Waals surface area contributed by atoms with Crippen molar-refractivity contribution in [1.29, 1.82) is 0 Å². The van der Waals surface area contributed by atoms with Gasteiger partial charge in [0, 0.05) is 37.6 Å². The second-order valence-electron chi connectivity index (χ2n) is 8.18. The van der Waals surface area contributed by atoms with Gasteiger partial charge in [-0.05, 0) is 36.1 Å². The molecule has 0 aliphatic carbocycles. The summed E-state index contributed by atoms with van der Waals surface area (Å²) in [5, 5.41) is 0. The van der Waals surface area contributed by atoms with Crippen molar-refractivity contribution >= 4 is 5.91 Å². The van der Waals surface area contributed by atoms with Crippen LogP contribution in [0.15, 0.2) is 79.1 Å². The zero-order chi connectivity index (χ0) is 19.8. The van der Waals surface area contributed by atoms with E-state index >= 15 is 0 Å². The van der Waals surface area contributed by atoms with Crippen molar-refractivity contribution in [1.82, 2.24) is 14.8 Å². The maximum atomic E-state index is 13.0. The summed E-state index contributed by atoms with van der Waals surface area (Å²) in [4.78, 5) is 21.8. The summed E-state index contributed by atoms with van der Waals surface area (Å²) in [7, 11) is 0. The van der Waals surface area contributed by atoms with Crippen LogP contribution in [0.2, 0.25) is 0 Å². The molecule has 2 unspecified atom stereocenters. The minimum absolute atomic E-state index is 0.103. The molecule has 1 amide bonds. The molecule has 6 rings (SSSR count). The van der Waals surface area contributed by atoms with E-state index in [1.165, 1.54) is 11.1 Å². The highest BCUT2D eigenvalue weighted by molar-refractivity contribution is 5.94. The molecule has 3 saturated heterocycles. The van der Waals surface area contributed by atoms with E-state index in [0.717, 1.165) is 25.1 Å². The quantitative estimate of drug-likeness (QED) is 0.681. The number of benzene rings is 2. The van der Waals surface area contributed by atoms with Crippen LogP contribution in [0.25, 0.3) is 0 Å². The zero-order valence-corrected chi connectivity index (χ0v) is 16.6. The van der Waals surface area contributed by atoms with Crippen molar-refractivity contribution in [2.45, 2.75) is 31.5 Å². The molecule has 29 heavy (non-hydrogen) atoms. The molecule has 3 aliphatic rings. The predicted octanol–water partition coefficient (Wildman–Crippen LogP) is 4.08. The summed E-state index contributed by atoms with van der Waals surface area (Å²) < 4.78 is 0. The van der Waals surface area contributed by atoms with Crippen LogP contribution in [-0.2, 0) is 0 Å². The Kier molecular flexibility index (Phi) is 4.64. The van der Waals surface area contributed by atoms with Gasteiger partial charge in [0.1, 0.15) is 0 Å². The smallest absolute Gasteiger partial charge is 0.255 e. The predicted molar refractivity (Wildman–Crippen MR) is 114 cm³/mol. The first-order valence-corrected chi connectivity index (χ1v) is 10.3. The second-order valence-corrected chi connectivity index (χ2v) is 8.18. The number of carbonyl (C=O) groups excluding carboxylic acids is 1. The first-order valence-electron chi connectivity index (χ1n) is 10.3. The normalized spacial score (nSPS) is 21.1. The molecule has 1 aromatic heterocycles. The summed E-state index contributed by atoms with van der Waals surface area (Å²) in [6, 6.07) is 24.4. The number of hydrogen-bond donors (Lipinski definition) is 0. The van der Waals surface area contributed by atoms with E-state index < -0.39 is 0 Å². The number of fused-ring (bicyclic) bond motifs is 2. The molecule has 3 aromatic rings. The van der Waals surface area contributed by atoms with Crippen molar-refractivity contribution in [3.05, 3.63) is 101 Å². The number of aryl methyl sites for hydroxylation is 1. The molecule has 0 spiro atoms. The second kappa shape index (κ2) is 7.45. The Hall–Kier alpha value is -2.98. The van der Waals surface area contributed by atoms with Crippen molar-refractivity contribution in [2.75, 3.05) is 13.1 Å². The molecule has 2 bridgehead atoms. The average molecular weight is 383 g/mol. The Labute approximate surface area is 171 Å². The van der Waals surface area contributed by atoms with Gasteiger partial charge in [-0.25, -0.2) is 0 Å². The van der Waals surface area contributed by atoms with Crippen molar-refractivity contribution in [2.24, 2.45) is 0 Å². The Morgan fingerprint density at radius 3 is 2.07 bits per heavy atom. The largest absolute Gasteiger partial charge is 0.335 e. The van der Waals surface area contributed by atoms with Crippen LogP contribution < -0.4 is 0 Å². The Balaban J connectivity index is 1.40. The van der Waals surface area contributed by atoms with Gasteiger partial charge in [-0.3, -0.25) is 14.7 Å². The van der Waals surface area contributed by atoms with Crippen molar-refractivity contribution < 1.29 is 4.79 Å². The summed E-state index contributed by atoms with van der Waals surface area (Å²) in [6.07, 6.45) is 4.63. The van der Waals surface area contributed by atoms with Gasteiger partial charge in [-0.1, -0.05) is 60.7 Å². The summed E-state index contributed by atoms with van der Waals surface area (Å²) in [5.41, 5.74) is 4.35. The van der Waals surface area contributed by atoms with E-state index in [0.29, 0.717) is 17.6 Å². The van der Waals surface area contributed by atoms with Gasteiger partial charge in [0.2, 0.25) is 0 Å². The summed E-state index contributed by atoms with van der Waals surface area (Å²) >= 11 is 0. The van der Waals surface area contributed by atoms with Crippen LogP contribution >= 0.6 is 0 Å². The third-order valence-electron chi connectivity index (χ3n) is 6.19. The third-order valence-corrected chi connectivity index (χ3v) is 6.19. The van der Waals surface area contributed by atoms with Crippen LogP contribution in [0, 0.1) is 6.92 Å². The fraction of sp³-hybridized carbons (Fsp3) is 0.280. The van der Waals surface area contributed by atoms with Crippen molar-refractivity contribution in [3.8, 4) is 0 Å². The molecule has 3 aliphatic heterocycles. The molecule has 4 nitrogen and oxygen atoms in total. The standard InChI is InChI=1S/C25H25N3O/c1-18-12-21(15-26-14-18)25(29)27-16-22-13-23(17-27)28(22)24(19-8-4-2-5-9-19)20-10-6-3-7-11-20/h2-12,14-15,22-24H,13,16-17H2,1H3. The van der Waals surface area contributed by atoms with E-state index in [9.17, 15) is 4.79 Å². The summed E-state index contributed by atoms with van der Waals surface area (Å²) in [5.74, 6) is 0.103. The number of hydrogen-bond acceptors (Lipinski definition) is 3. The van der Waals surface area contributed by atoms with Gasteiger partial charge < -0.3 is 4.90 Å². The number of piperazine rings is 1. The molecular formula is C25H25N3O. The lowest BCUT2D eigenvalue weighted by Crippen LogP contribution is -2.70. The van der Waals surface area contributed by atoms with Crippen LogP contribution in [0.5, 0.6) is 0 Å². The number of pyridine rings is 1. The van der Waals surface area contributed by atoms with E-state index in [-0.39, 0.29) is 11.9 Å². The number of amides is 1. The number of nitrogens with zero attached hydrogens (tertiary/aromatic N) is 3. The number of aromatic nitrogens is 1. The number of piperidine rings is 1. The minimum atomic E-state index is 0.103. The fourth-order valence-corrected chi connectivity index (χ4v) is 4.89. The lowest BCUT2D eigenvalue weighted by Gasteiger charge is -2.59. The molecular weight excluding hydrogens is 358 g/mol. The molecule has 4 heterocycles. The highest BCUT2D eigenvalue weighted by Crippen LogP contribution is 2.43. The van der Waals surface area contributed by atoms with Gasteiger partial charge in [0.05, 0.1) is 11.6 Å². The highest BCUT2D eigenvalue weighted by Gasteiger charge is 2.49. The Morgan fingerprint density at radius 2 is 1.52 bits per heavy atom. The third kappa shape index (κ3) is 3.34. The first kappa shape index (κ1) is 18.1. The Bertz CT molecular complexity index is 953. The molecule has 146 valence electrons. The molecule has 2 atom stereocenters. The van der Waals surface area contributed by atoms with Crippen LogP contribution in [0.1, 0.15) is 39.5 Å². The molecule has 4 heteroatoms. The Morgan fingerprint density at radius 1 is 0.931 bits per heavy atom. The van der Waals surface area contributed by atoms with Gasteiger partial charge in [-0.15, -0.1) is 0 Å². The molecule has 0 saturated carbocycles. The number of rotatable bonds is 4. The maximum absolute atomic E-state index is 13.0. The van der Waals surface area contributed by atoms with E-state index in [1.54, 1.807) is 12.4 Å². The lowest BCUT2D eigenvalue weighted by atomic mass is 9.81. The average Bonchev–Trinajstić information content (AvgIpc) is 2.78. The summed E-state index contributed by atoms with van der Waals surface area (Å²) in [6.45, 7) is 3.53. The van der Waals surface area contributed by atoms with Crippen LogP contribution in [0.4, 0.5) is 0 Å². The van der Waals surface area contributed by atoms with Crippen molar-refractivity contribution in [3.63, 3.8) is 0 Å². The van der Waals surface area contributed by atoms with E-state index in [2.05, 4.69) is 70.5 Å². The monoisotopic (exact) mass is 383 g/mol. The van der Waals surface area contributed by atoms with Gasteiger partial charge in [-0.2, -0.15) is 0 Å². The fourth-order valence-electron chi connectivity index (χ4n) is 4.89. The van der Waals surface area contributed by atoms with Gasteiger partial charge in [0.15, 0.2) is 0 Å². The van der Waals surface area contributed by atoms with Gasteiger partial charge >= 0.3 is 0 Å². The molecule has 0 N–H and O–H groups in total. The molecule has 3 fully saturated rings.